The summed E-state index contributed by atoms with van der Waals surface area (Å²) in [4.78, 5) is 11.1. The standard InChI is InChI=1S/C15H21NO/c1-2-12-3-7-14(8-4-12)16-11-13-5-9-15(17)10-6-13/h3-4,7-8,13,16H,2,5-6,9-11H2,1H3. The predicted molar refractivity (Wildman–Crippen MR) is 71.3 cm³/mol. The molecule has 0 heterocycles. The monoisotopic (exact) mass is 231 g/mol. The van der Waals surface area contributed by atoms with Crippen LogP contribution >= 0.6 is 0 Å². The lowest BCUT2D eigenvalue weighted by molar-refractivity contribution is -0.120. The Kier molecular flexibility index (Phi) is 4.18. The van der Waals surface area contributed by atoms with E-state index in [4.69, 9.17) is 0 Å². The third-order valence-electron chi connectivity index (χ3n) is 3.62. The van der Waals surface area contributed by atoms with E-state index in [1.54, 1.807) is 0 Å². The zero-order chi connectivity index (χ0) is 12.1. The second kappa shape index (κ2) is 5.85. The highest BCUT2D eigenvalue weighted by Crippen LogP contribution is 2.22. The molecule has 1 N–H and O–H groups in total. The number of ketones is 1. The SMILES string of the molecule is CCc1ccc(NCC2CCC(=O)CC2)cc1. The number of carbonyl (C=O) groups excluding carboxylic acids is 1. The normalized spacial score (nSPS) is 17.1. The molecule has 0 spiro atoms. The van der Waals surface area contributed by atoms with Gasteiger partial charge in [-0.15, -0.1) is 0 Å². The van der Waals surface area contributed by atoms with Crippen molar-refractivity contribution in [1.82, 2.24) is 0 Å². The highest BCUT2D eigenvalue weighted by atomic mass is 16.1. The number of anilines is 1. The minimum atomic E-state index is 0.438. The number of nitrogens with one attached hydrogen (secondary N) is 1. The van der Waals surface area contributed by atoms with Crippen LogP contribution in [0.15, 0.2) is 24.3 Å². The van der Waals surface area contributed by atoms with Crippen LogP contribution in [0.1, 0.15) is 38.2 Å². The Morgan fingerprint density at radius 3 is 2.41 bits per heavy atom. The van der Waals surface area contributed by atoms with E-state index in [-0.39, 0.29) is 0 Å². The van der Waals surface area contributed by atoms with E-state index in [1.807, 2.05) is 0 Å². The minimum Gasteiger partial charge on any atom is -0.385 e. The number of rotatable bonds is 4. The average Bonchev–Trinajstić information content (AvgIpc) is 2.39. The van der Waals surface area contributed by atoms with Crippen LogP contribution in [-0.4, -0.2) is 12.3 Å². The topological polar surface area (TPSA) is 29.1 Å². The predicted octanol–water partition coefficient (Wildman–Crippen LogP) is 3.42. The Labute approximate surface area is 103 Å². The number of Topliss-reactive ketones (excluding diaryl/α,β-unsaturated/α-hetero) is 1. The molecule has 0 amide bonds. The van der Waals surface area contributed by atoms with Gasteiger partial charge in [0.2, 0.25) is 0 Å². The molecule has 17 heavy (non-hydrogen) atoms. The molecular formula is C15H21NO. The van der Waals surface area contributed by atoms with Crippen molar-refractivity contribution in [2.75, 3.05) is 11.9 Å². The highest BCUT2D eigenvalue weighted by Gasteiger charge is 2.18. The highest BCUT2D eigenvalue weighted by molar-refractivity contribution is 5.79. The maximum atomic E-state index is 11.1. The van der Waals surface area contributed by atoms with E-state index in [1.165, 1.54) is 11.3 Å². The lowest BCUT2D eigenvalue weighted by atomic mass is 9.88. The Morgan fingerprint density at radius 2 is 1.82 bits per heavy atom. The van der Waals surface area contributed by atoms with Crippen LogP contribution in [0.3, 0.4) is 0 Å². The summed E-state index contributed by atoms with van der Waals surface area (Å²) in [7, 11) is 0. The van der Waals surface area contributed by atoms with Gasteiger partial charge in [-0.25, -0.2) is 0 Å². The van der Waals surface area contributed by atoms with E-state index in [0.29, 0.717) is 11.7 Å². The number of hydrogen-bond donors (Lipinski definition) is 1. The fourth-order valence-electron chi connectivity index (χ4n) is 2.32. The number of hydrogen-bond acceptors (Lipinski definition) is 2. The minimum absolute atomic E-state index is 0.438. The Hall–Kier alpha value is -1.31. The zero-order valence-corrected chi connectivity index (χ0v) is 10.5. The Bertz CT molecular complexity index is 359. The summed E-state index contributed by atoms with van der Waals surface area (Å²) in [6, 6.07) is 8.64. The van der Waals surface area contributed by atoms with Gasteiger partial charge in [0.1, 0.15) is 5.78 Å². The molecular weight excluding hydrogens is 210 g/mol. The molecule has 1 aliphatic rings. The van der Waals surface area contributed by atoms with Gasteiger partial charge in [0.25, 0.3) is 0 Å². The summed E-state index contributed by atoms with van der Waals surface area (Å²) < 4.78 is 0. The van der Waals surface area contributed by atoms with Gasteiger partial charge in [-0.1, -0.05) is 19.1 Å². The summed E-state index contributed by atoms with van der Waals surface area (Å²) >= 11 is 0. The molecule has 92 valence electrons. The molecule has 1 aromatic rings. The van der Waals surface area contributed by atoms with E-state index in [0.717, 1.165) is 38.6 Å². The second-order valence-electron chi connectivity index (χ2n) is 4.91. The van der Waals surface area contributed by atoms with Crippen molar-refractivity contribution in [2.45, 2.75) is 39.0 Å². The fraction of sp³-hybridized carbons (Fsp3) is 0.533. The zero-order valence-electron chi connectivity index (χ0n) is 10.5. The molecule has 0 radical (unpaired) electrons. The lowest BCUT2D eigenvalue weighted by Crippen LogP contribution is -2.20. The van der Waals surface area contributed by atoms with Crippen LogP contribution in [0.2, 0.25) is 0 Å². The third-order valence-corrected chi connectivity index (χ3v) is 3.62. The van der Waals surface area contributed by atoms with Crippen LogP contribution in [0.25, 0.3) is 0 Å². The van der Waals surface area contributed by atoms with Crippen molar-refractivity contribution in [3.63, 3.8) is 0 Å². The molecule has 2 rings (SSSR count). The molecule has 2 heteroatoms. The molecule has 1 aliphatic carbocycles. The van der Waals surface area contributed by atoms with Gasteiger partial charge in [-0.2, -0.15) is 0 Å². The summed E-state index contributed by atoms with van der Waals surface area (Å²) in [6.45, 7) is 3.17. The van der Waals surface area contributed by atoms with Crippen molar-refractivity contribution < 1.29 is 4.79 Å². The smallest absolute Gasteiger partial charge is 0.132 e. The van der Waals surface area contributed by atoms with Gasteiger partial charge in [-0.3, -0.25) is 4.79 Å². The first-order valence-electron chi connectivity index (χ1n) is 6.62. The third kappa shape index (κ3) is 3.58. The van der Waals surface area contributed by atoms with E-state index in [9.17, 15) is 4.79 Å². The van der Waals surface area contributed by atoms with Crippen LogP contribution in [-0.2, 0) is 11.2 Å². The maximum Gasteiger partial charge on any atom is 0.132 e. The molecule has 1 aromatic carbocycles. The van der Waals surface area contributed by atoms with Crippen molar-refractivity contribution in [1.29, 1.82) is 0 Å². The van der Waals surface area contributed by atoms with Crippen molar-refractivity contribution in [3.05, 3.63) is 29.8 Å². The van der Waals surface area contributed by atoms with Crippen molar-refractivity contribution in [3.8, 4) is 0 Å². The van der Waals surface area contributed by atoms with Gasteiger partial charge in [0, 0.05) is 25.1 Å². The van der Waals surface area contributed by atoms with E-state index >= 15 is 0 Å². The molecule has 1 fully saturated rings. The summed E-state index contributed by atoms with van der Waals surface area (Å²) in [5.74, 6) is 1.10. The number of benzene rings is 1. The van der Waals surface area contributed by atoms with E-state index in [2.05, 4.69) is 36.5 Å². The van der Waals surface area contributed by atoms with Crippen molar-refractivity contribution in [2.24, 2.45) is 5.92 Å². The first-order valence-corrected chi connectivity index (χ1v) is 6.62. The van der Waals surface area contributed by atoms with Crippen molar-refractivity contribution >= 4 is 11.5 Å². The van der Waals surface area contributed by atoms with E-state index < -0.39 is 0 Å². The van der Waals surface area contributed by atoms with Gasteiger partial charge < -0.3 is 5.32 Å². The number of aryl methyl sites for hydroxylation is 1. The summed E-state index contributed by atoms with van der Waals surface area (Å²) in [6.07, 6.45) is 4.75. The average molecular weight is 231 g/mol. The molecule has 0 bridgehead atoms. The quantitative estimate of drug-likeness (QED) is 0.860. The molecule has 0 aliphatic heterocycles. The summed E-state index contributed by atoms with van der Waals surface area (Å²) in [5, 5.41) is 3.47. The maximum absolute atomic E-state index is 11.1. The second-order valence-corrected chi connectivity index (χ2v) is 4.91. The van der Waals surface area contributed by atoms with Crippen LogP contribution in [0.5, 0.6) is 0 Å². The van der Waals surface area contributed by atoms with Crippen LogP contribution in [0.4, 0.5) is 5.69 Å². The van der Waals surface area contributed by atoms with Crippen LogP contribution in [0, 0.1) is 5.92 Å². The first kappa shape index (κ1) is 12.2. The Morgan fingerprint density at radius 1 is 1.18 bits per heavy atom. The summed E-state index contributed by atoms with van der Waals surface area (Å²) in [5.41, 5.74) is 2.57. The first-order chi connectivity index (χ1) is 8.28. The molecule has 2 nitrogen and oxygen atoms in total. The largest absolute Gasteiger partial charge is 0.385 e. The van der Waals surface area contributed by atoms with Gasteiger partial charge in [-0.05, 0) is 42.9 Å². The molecule has 1 saturated carbocycles. The van der Waals surface area contributed by atoms with Crippen LogP contribution < -0.4 is 5.32 Å². The lowest BCUT2D eigenvalue weighted by Gasteiger charge is -2.21. The molecule has 0 atom stereocenters. The molecule has 0 aromatic heterocycles. The van der Waals surface area contributed by atoms with Gasteiger partial charge in [0.15, 0.2) is 0 Å². The Balaban J connectivity index is 1.79. The fourth-order valence-corrected chi connectivity index (χ4v) is 2.32. The molecule has 0 saturated heterocycles. The number of carbonyl (C=O) groups is 1. The molecule has 0 unspecified atom stereocenters. The van der Waals surface area contributed by atoms with Gasteiger partial charge >= 0.3 is 0 Å². The van der Waals surface area contributed by atoms with Gasteiger partial charge in [0.05, 0.1) is 0 Å².